The van der Waals surface area contributed by atoms with Crippen molar-refractivity contribution >= 4 is 40.5 Å². The molecule has 0 fully saturated rings. The second-order valence-electron chi connectivity index (χ2n) is 6.02. The fraction of sp³-hybridized carbons (Fsp3) is 0.0952. The summed E-state index contributed by atoms with van der Waals surface area (Å²) in [6, 6.07) is 13.8. The highest BCUT2D eigenvalue weighted by molar-refractivity contribution is 6.31. The maximum Gasteiger partial charge on any atom is 0.337 e. The third kappa shape index (κ3) is 4.47. The van der Waals surface area contributed by atoms with Crippen LogP contribution in [-0.2, 0) is 4.74 Å². The van der Waals surface area contributed by atoms with Crippen LogP contribution >= 0.6 is 11.6 Å². The number of carbonyl (C=O) groups excluding carboxylic acids is 2. The van der Waals surface area contributed by atoms with Crippen molar-refractivity contribution in [1.29, 1.82) is 0 Å². The molecule has 3 aromatic rings. The molecule has 0 bridgehead atoms. The van der Waals surface area contributed by atoms with Crippen molar-refractivity contribution in [3.05, 3.63) is 82.6 Å². The highest BCUT2D eigenvalue weighted by atomic mass is 35.5. The molecule has 2 N–H and O–H groups in total. The number of anilines is 3. The Labute approximate surface area is 167 Å². The van der Waals surface area contributed by atoms with Crippen molar-refractivity contribution in [2.45, 2.75) is 6.92 Å². The number of rotatable bonds is 5. The summed E-state index contributed by atoms with van der Waals surface area (Å²) in [4.78, 5) is 28.2. The normalized spacial score (nSPS) is 10.2. The number of esters is 1. The molecule has 6 nitrogen and oxygen atoms in total. The number of methoxy groups -OCH3 is 1. The Morgan fingerprint density at radius 2 is 1.75 bits per heavy atom. The molecule has 28 heavy (non-hydrogen) atoms. The summed E-state index contributed by atoms with van der Waals surface area (Å²) < 4.78 is 4.68. The number of halogens is 1. The van der Waals surface area contributed by atoms with Crippen LogP contribution in [0.25, 0.3) is 0 Å². The number of amides is 1. The first kappa shape index (κ1) is 19.4. The van der Waals surface area contributed by atoms with Gasteiger partial charge in [-0.25, -0.2) is 4.79 Å². The molecule has 0 aliphatic carbocycles. The lowest BCUT2D eigenvalue weighted by atomic mass is 10.1. The van der Waals surface area contributed by atoms with Gasteiger partial charge in [0, 0.05) is 22.6 Å². The Hall–Kier alpha value is -3.38. The van der Waals surface area contributed by atoms with Crippen LogP contribution in [0.1, 0.15) is 26.3 Å². The molecule has 7 heteroatoms. The average Bonchev–Trinajstić information content (AvgIpc) is 2.71. The molecule has 1 heterocycles. The molecule has 2 aromatic carbocycles. The molecule has 0 aliphatic rings. The van der Waals surface area contributed by atoms with Gasteiger partial charge in [0.2, 0.25) is 0 Å². The molecule has 1 amide bonds. The summed E-state index contributed by atoms with van der Waals surface area (Å²) in [5, 5.41) is 6.58. The van der Waals surface area contributed by atoms with Gasteiger partial charge in [0.05, 0.1) is 30.1 Å². The predicted octanol–water partition coefficient (Wildman–Crippen LogP) is 4.83. The van der Waals surface area contributed by atoms with Crippen LogP contribution in [0.5, 0.6) is 0 Å². The minimum absolute atomic E-state index is 0.289. The smallest absolute Gasteiger partial charge is 0.337 e. The number of carbonyl (C=O) groups is 2. The Morgan fingerprint density at radius 3 is 2.46 bits per heavy atom. The van der Waals surface area contributed by atoms with E-state index in [1.165, 1.54) is 13.3 Å². The van der Waals surface area contributed by atoms with E-state index in [1.54, 1.807) is 54.7 Å². The maximum absolute atomic E-state index is 12.6. The molecule has 0 atom stereocenters. The topological polar surface area (TPSA) is 80.3 Å². The van der Waals surface area contributed by atoms with E-state index in [0.29, 0.717) is 27.5 Å². The van der Waals surface area contributed by atoms with E-state index in [1.807, 2.05) is 6.92 Å². The lowest BCUT2D eigenvalue weighted by molar-refractivity contribution is 0.0600. The minimum Gasteiger partial charge on any atom is -0.465 e. The summed E-state index contributed by atoms with van der Waals surface area (Å²) in [5.74, 6) is -0.689. The number of hydrogen-bond donors (Lipinski definition) is 2. The van der Waals surface area contributed by atoms with Gasteiger partial charge in [-0.3, -0.25) is 9.78 Å². The first-order chi connectivity index (χ1) is 13.5. The Bertz CT molecular complexity index is 1020. The second kappa shape index (κ2) is 8.54. The molecular weight excluding hydrogens is 378 g/mol. The maximum atomic E-state index is 12.6. The van der Waals surface area contributed by atoms with E-state index >= 15 is 0 Å². The number of ether oxygens (including phenoxy) is 1. The number of nitrogens with zero attached hydrogens (tertiary/aromatic N) is 1. The molecule has 3 rings (SSSR count). The van der Waals surface area contributed by atoms with Gasteiger partial charge in [0.25, 0.3) is 5.91 Å². The van der Waals surface area contributed by atoms with Crippen molar-refractivity contribution in [1.82, 2.24) is 4.98 Å². The van der Waals surface area contributed by atoms with Gasteiger partial charge in [-0.15, -0.1) is 0 Å². The van der Waals surface area contributed by atoms with E-state index in [9.17, 15) is 9.59 Å². The summed E-state index contributed by atoms with van der Waals surface area (Å²) in [6.07, 6.45) is 3.09. The van der Waals surface area contributed by atoms with Crippen molar-refractivity contribution in [2.24, 2.45) is 0 Å². The highest BCUT2D eigenvalue weighted by Gasteiger charge is 2.11. The van der Waals surface area contributed by atoms with Crippen LogP contribution in [0.2, 0.25) is 5.02 Å². The van der Waals surface area contributed by atoms with Gasteiger partial charge in [0.1, 0.15) is 0 Å². The standard InChI is InChI=1S/C21H18ClN3O3/c1-13-18(22)4-3-5-19(13)25-20(26)15-10-17(12-23-11-15)24-16-8-6-14(7-9-16)21(27)28-2/h3-12,24H,1-2H3,(H,25,26). The zero-order valence-corrected chi connectivity index (χ0v) is 16.1. The summed E-state index contributed by atoms with van der Waals surface area (Å²) in [7, 11) is 1.33. The van der Waals surface area contributed by atoms with Crippen LogP contribution in [0.4, 0.5) is 17.1 Å². The molecule has 0 aliphatic heterocycles. The third-order valence-electron chi connectivity index (χ3n) is 4.11. The molecule has 0 saturated carbocycles. The first-order valence-electron chi connectivity index (χ1n) is 8.45. The number of pyridine rings is 1. The Balaban J connectivity index is 1.74. The molecule has 142 valence electrons. The van der Waals surface area contributed by atoms with Gasteiger partial charge in [-0.1, -0.05) is 17.7 Å². The molecule has 0 radical (unpaired) electrons. The van der Waals surface area contributed by atoms with Gasteiger partial charge in [-0.05, 0) is 55.0 Å². The van der Waals surface area contributed by atoms with Crippen LogP contribution in [-0.4, -0.2) is 24.0 Å². The number of nitrogens with one attached hydrogen (secondary N) is 2. The van der Waals surface area contributed by atoms with Crippen molar-refractivity contribution < 1.29 is 14.3 Å². The Morgan fingerprint density at radius 1 is 1.00 bits per heavy atom. The largest absolute Gasteiger partial charge is 0.465 e. The van der Waals surface area contributed by atoms with Gasteiger partial charge < -0.3 is 15.4 Å². The van der Waals surface area contributed by atoms with E-state index in [-0.39, 0.29) is 5.91 Å². The summed E-state index contributed by atoms with van der Waals surface area (Å²) in [5.41, 5.74) is 3.69. The SMILES string of the molecule is COC(=O)c1ccc(Nc2cncc(C(=O)Nc3cccc(Cl)c3C)c2)cc1. The number of aromatic nitrogens is 1. The number of hydrogen-bond acceptors (Lipinski definition) is 5. The van der Waals surface area contributed by atoms with Gasteiger partial charge in [-0.2, -0.15) is 0 Å². The lowest BCUT2D eigenvalue weighted by Crippen LogP contribution is -2.13. The number of benzene rings is 2. The zero-order valence-electron chi connectivity index (χ0n) is 15.3. The molecule has 0 spiro atoms. The van der Waals surface area contributed by atoms with Gasteiger partial charge in [0.15, 0.2) is 0 Å². The summed E-state index contributed by atoms with van der Waals surface area (Å²) >= 11 is 6.10. The molecular formula is C21H18ClN3O3. The predicted molar refractivity (Wildman–Crippen MR) is 109 cm³/mol. The van der Waals surface area contributed by atoms with Crippen LogP contribution in [0.3, 0.4) is 0 Å². The third-order valence-corrected chi connectivity index (χ3v) is 4.52. The van der Waals surface area contributed by atoms with Crippen LogP contribution in [0.15, 0.2) is 60.9 Å². The fourth-order valence-electron chi connectivity index (χ4n) is 2.54. The quantitative estimate of drug-likeness (QED) is 0.605. The molecule has 0 saturated heterocycles. The van der Waals surface area contributed by atoms with Crippen molar-refractivity contribution in [3.63, 3.8) is 0 Å². The van der Waals surface area contributed by atoms with Gasteiger partial charge >= 0.3 is 5.97 Å². The summed E-state index contributed by atoms with van der Waals surface area (Å²) in [6.45, 7) is 1.84. The first-order valence-corrected chi connectivity index (χ1v) is 8.82. The monoisotopic (exact) mass is 395 g/mol. The van der Waals surface area contributed by atoms with E-state index in [4.69, 9.17) is 11.6 Å². The Kier molecular flexibility index (Phi) is 5.91. The molecule has 1 aromatic heterocycles. The van der Waals surface area contributed by atoms with E-state index < -0.39 is 5.97 Å². The van der Waals surface area contributed by atoms with Crippen LogP contribution in [0, 0.1) is 6.92 Å². The highest BCUT2D eigenvalue weighted by Crippen LogP contribution is 2.24. The molecule has 0 unspecified atom stereocenters. The van der Waals surface area contributed by atoms with E-state index in [2.05, 4.69) is 20.4 Å². The van der Waals surface area contributed by atoms with Crippen molar-refractivity contribution in [3.8, 4) is 0 Å². The van der Waals surface area contributed by atoms with Crippen LogP contribution < -0.4 is 10.6 Å². The zero-order chi connectivity index (χ0) is 20.1. The fourth-order valence-corrected chi connectivity index (χ4v) is 2.72. The van der Waals surface area contributed by atoms with E-state index in [0.717, 1.165) is 11.3 Å². The minimum atomic E-state index is -0.400. The average molecular weight is 396 g/mol. The lowest BCUT2D eigenvalue weighted by Gasteiger charge is -2.11. The second-order valence-corrected chi connectivity index (χ2v) is 6.43. The van der Waals surface area contributed by atoms with Crippen molar-refractivity contribution in [2.75, 3.05) is 17.7 Å².